The van der Waals surface area contributed by atoms with Crippen LogP contribution >= 0.6 is 0 Å². The predicted molar refractivity (Wildman–Crippen MR) is 93.8 cm³/mol. The highest BCUT2D eigenvalue weighted by atomic mass is 16.5. The summed E-state index contributed by atoms with van der Waals surface area (Å²) >= 11 is 0. The summed E-state index contributed by atoms with van der Waals surface area (Å²) in [6.07, 6.45) is 0. The molecular formula is C20H18N2O. The first kappa shape index (κ1) is 13.9. The molecule has 3 heteroatoms. The normalized spacial score (nSPS) is 12.3. The minimum atomic E-state index is 0.551. The maximum absolute atomic E-state index is 6.07. The quantitative estimate of drug-likeness (QED) is 0.564. The van der Waals surface area contributed by atoms with Crippen LogP contribution in [0.1, 0.15) is 11.1 Å². The molecule has 0 atom stereocenters. The molecular weight excluding hydrogens is 284 g/mol. The van der Waals surface area contributed by atoms with E-state index in [9.17, 15) is 0 Å². The number of nitrogens with zero attached hydrogens (tertiary/aromatic N) is 1. The standard InChI is InChI=1S/C20H18N2O/c1-14-6-11-20-18(12-14)22(16-9-7-15(13-21)8-10-16)17-4-2-3-5-19(17)23-20/h2-12H,13,21H2,1H3. The third kappa shape index (κ3) is 2.35. The molecule has 1 aliphatic heterocycles. The van der Waals surface area contributed by atoms with E-state index in [1.54, 1.807) is 0 Å². The van der Waals surface area contributed by atoms with Crippen LogP contribution in [0.5, 0.6) is 11.5 Å². The van der Waals surface area contributed by atoms with E-state index in [-0.39, 0.29) is 0 Å². The summed E-state index contributed by atoms with van der Waals surface area (Å²) in [4.78, 5) is 2.24. The molecule has 3 nitrogen and oxygen atoms in total. The summed E-state index contributed by atoms with van der Waals surface area (Å²) in [5.74, 6) is 1.74. The Bertz CT molecular complexity index is 856. The highest BCUT2D eigenvalue weighted by molar-refractivity contribution is 5.86. The van der Waals surface area contributed by atoms with Crippen molar-refractivity contribution in [3.8, 4) is 11.5 Å². The Morgan fingerprint density at radius 2 is 1.61 bits per heavy atom. The Hall–Kier alpha value is -2.78. The fourth-order valence-corrected chi connectivity index (χ4v) is 2.92. The molecule has 1 heterocycles. The number of rotatable bonds is 2. The zero-order valence-electron chi connectivity index (χ0n) is 13.0. The molecule has 0 bridgehead atoms. The second kappa shape index (κ2) is 5.45. The van der Waals surface area contributed by atoms with E-state index < -0.39 is 0 Å². The van der Waals surface area contributed by atoms with E-state index in [0.717, 1.165) is 34.1 Å². The van der Waals surface area contributed by atoms with Crippen LogP contribution in [0.4, 0.5) is 17.1 Å². The van der Waals surface area contributed by atoms with Crippen molar-refractivity contribution in [2.24, 2.45) is 5.73 Å². The van der Waals surface area contributed by atoms with Gasteiger partial charge in [-0.05, 0) is 54.4 Å². The molecule has 0 amide bonds. The third-order valence-electron chi connectivity index (χ3n) is 4.11. The number of hydrogen-bond donors (Lipinski definition) is 1. The van der Waals surface area contributed by atoms with Crippen molar-refractivity contribution in [3.05, 3.63) is 77.9 Å². The summed E-state index contributed by atoms with van der Waals surface area (Å²) in [5.41, 5.74) is 11.3. The van der Waals surface area contributed by atoms with E-state index in [2.05, 4.69) is 54.3 Å². The largest absolute Gasteiger partial charge is 0.453 e. The van der Waals surface area contributed by atoms with Crippen LogP contribution in [0.15, 0.2) is 66.7 Å². The number of nitrogens with two attached hydrogens (primary N) is 1. The summed E-state index contributed by atoms with van der Waals surface area (Å²) in [5, 5.41) is 0. The lowest BCUT2D eigenvalue weighted by Gasteiger charge is -2.33. The SMILES string of the molecule is Cc1ccc2c(c1)N(c1ccc(CN)cc1)c1ccccc1O2. The van der Waals surface area contributed by atoms with Crippen LogP contribution in [0.25, 0.3) is 0 Å². The van der Waals surface area contributed by atoms with Gasteiger partial charge in [-0.1, -0.05) is 30.3 Å². The number of ether oxygens (including phenoxy) is 1. The number of aryl methyl sites for hydroxylation is 1. The highest BCUT2D eigenvalue weighted by Crippen LogP contribution is 2.50. The predicted octanol–water partition coefficient (Wildman–Crippen LogP) is 5.03. The maximum Gasteiger partial charge on any atom is 0.151 e. The van der Waals surface area contributed by atoms with E-state index in [4.69, 9.17) is 10.5 Å². The van der Waals surface area contributed by atoms with E-state index in [1.807, 2.05) is 24.3 Å². The smallest absolute Gasteiger partial charge is 0.151 e. The number of para-hydroxylation sites is 2. The van der Waals surface area contributed by atoms with Gasteiger partial charge in [0.05, 0.1) is 11.4 Å². The van der Waals surface area contributed by atoms with Gasteiger partial charge in [0.1, 0.15) is 0 Å². The molecule has 3 aromatic carbocycles. The third-order valence-corrected chi connectivity index (χ3v) is 4.11. The Morgan fingerprint density at radius 3 is 2.39 bits per heavy atom. The Balaban J connectivity index is 1.91. The van der Waals surface area contributed by atoms with Gasteiger partial charge in [0.2, 0.25) is 0 Å². The zero-order chi connectivity index (χ0) is 15.8. The molecule has 0 spiro atoms. The van der Waals surface area contributed by atoms with Crippen LogP contribution < -0.4 is 15.4 Å². The van der Waals surface area contributed by atoms with E-state index >= 15 is 0 Å². The summed E-state index contributed by atoms with van der Waals surface area (Å²) in [7, 11) is 0. The first-order valence-corrected chi connectivity index (χ1v) is 7.73. The molecule has 0 fully saturated rings. The van der Waals surface area contributed by atoms with Gasteiger partial charge in [0, 0.05) is 12.2 Å². The zero-order valence-corrected chi connectivity index (χ0v) is 13.0. The number of hydrogen-bond acceptors (Lipinski definition) is 3. The van der Waals surface area contributed by atoms with Gasteiger partial charge in [-0.15, -0.1) is 0 Å². The Labute approximate surface area is 135 Å². The molecule has 0 radical (unpaired) electrons. The molecule has 0 saturated carbocycles. The lowest BCUT2D eigenvalue weighted by atomic mass is 10.1. The molecule has 0 unspecified atom stereocenters. The van der Waals surface area contributed by atoms with Crippen LogP contribution in [0.2, 0.25) is 0 Å². The molecule has 0 aromatic heterocycles. The van der Waals surface area contributed by atoms with Crippen molar-refractivity contribution >= 4 is 17.1 Å². The van der Waals surface area contributed by atoms with Gasteiger partial charge in [-0.2, -0.15) is 0 Å². The Kier molecular flexibility index (Phi) is 3.28. The van der Waals surface area contributed by atoms with Crippen molar-refractivity contribution < 1.29 is 4.74 Å². The maximum atomic E-state index is 6.07. The van der Waals surface area contributed by atoms with Gasteiger partial charge < -0.3 is 15.4 Å². The van der Waals surface area contributed by atoms with Crippen LogP contribution in [-0.2, 0) is 6.54 Å². The first-order valence-electron chi connectivity index (χ1n) is 7.73. The fourth-order valence-electron chi connectivity index (χ4n) is 2.92. The van der Waals surface area contributed by atoms with Crippen molar-refractivity contribution in [2.75, 3.05) is 4.90 Å². The number of anilines is 3. The lowest BCUT2D eigenvalue weighted by Crippen LogP contribution is -2.16. The average Bonchev–Trinajstić information content (AvgIpc) is 2.60. The molecule has 3 aromatic rings. The van der Waals surface area contributed by atoms with Crippen LogP contribution in [0, 0.1) is 6.92 Å². The van der Waals surface area contributed by atoms with E-state index in [1.165, 1.54) is 5.56 Å². The van der Waals surface area contributed by atoms with Crippen molar-refractivity contribution in [1.29, 1.82) is 0 Å². The highest BCUT2D eigenvalue weighted by Gasteiger charge is 2.25. The van der Waals surface area contributed by atoms with Gasteiger partial charge in [0.25, 0.3) is 0 Å². The first-order chi connectivity index (χ1) is 11.3. The average molecular weight is 302 g/mol. The minimum absolute atomic E-state index is 0.551. The Morgan fingerprint density at radius 1 is 0.870 bits per heavy atom. The number of benzene rings is 3. The molecule has 2 N–H and O–H groups in total. The second-order valence-electron chi connectivity index (χ2n) is 5.75. The van der Waals surface area contributed by atoms with Crippen molar-refractivity contribution in [1.82, 2.24) is 0 Å². The summed E-state index contributed by atoms with van der Waals surface area (Å²) in [6.45, 7) is 2.65. The topological polar surface area (TPSA) is 38.5 Å². The van der Waals surface area contributed by atoms with Crippen molar-refractivity contribution in [3.63, 3.8) is 0 Å². The molecule has 0 saturated heterocycles. The van der Waals surface area contributed by atoms with Gasteiger partial charge in [-0.3, -0.25) is 0 Å². The fraction of sp³-hybridized carbons (Fsp3) is 0.100. The van der Waals surface area contributed by atoms with Crippen molar-refractivity contribution in [2.45, 2.75) is 13.5 Å². The lowest BCUT2D eigenvalue weighted by molar-refractivity contribution is 0.477. The second-order valence-corrected chi connectivity index (χ2v) is 5.75. The van der Waals surface area contributed by atoms with Crippen LogP contribution in [0.3, 0.4) is 0 Å². The van der Waals surface area contributed by atoms with Crippen LogP contribution in [-0.4, -0.2) is 0 Å². The number of fused-ring (bicyclic) bond motifs is 2. The molecule has 114 valence electrons. The molecule has 4 rings (SSSR count). The summed E-state index contributed by atoms with van der Waals surface area (Å²) in [6, 6.07) is 22.7. The monoisotopic (exact) mass is 302 g/mol. The minimum Gasteiger partial charge on any atom is -0.453 e. The molecule has 23 heavy (non-hydrogen) atoms. The molecule has 0 aliphatic carbocycles. The van der Waals surface area contributed by atoms with E-state index in [0.29, 0.717) is 6.54 Å². The van der Waals surface area contributed by atoms with Gasteiger partial charge in [0.15, 0.2) is 11.5 Å². The summed E-state index contributed by atoms with van der Waals surface area (Å²) < 4.78 is 6.07. The van der Waals surface area contributed by atoms with Gasteiger partial charge in [-0.25, -0.2) is 0 Å². The van der Waals surface area contributed by atoms with Gasteiger partial charge >= 0.3 is 0 Å². The molecule has 1 aliphatic rings.